The summed E-state index contributed by atoms with van der Waals surface area (Å²) in [5, 5.41) is 0.0645. The summed E-state index contributed by atoms with van der Waals surface area (Å²) in [5.74, 6) is -2.31. The molecule has 0 saturated heterocycles. The normalized spacial score (nSPS) is 10.4. The van der Waals surface area contributed by atoms with Crippen LogP contribution in [0.4, 0.5) is 0 Å². The topological polar surface area (TPSA) is 109 Å². The van der Waals surface area contributed by atoms with Crippen LogP contribution < -0.4 is 10.2 Å². The van der Waals surface area contributed by atoms with Gasteiger partial charge in [0.05, 0.1) is 32.4 Å². The minimum Gasteiger partial charge on any atom is -0.497 e. The molecule has 0 N–H and O–H groups in total. The fraction of sp³-hybridized carbons (Fsp3) is 0.136. The van der Waals surface area contributed by atoms with Crippen molar-refractivity contribution in [1.82, 2.24) is 4.98 Å². The Morgan fingerprint density at radius 3 is 2.03 bits per heavy atom. The Balaban J connectivity index is 2.47. The molecule has 0 atom stereocenters. The van der Waals surface area contributed by atoms with Crippen molar-refractivity contribution in [3.05, 3.63) is 81.1 Å². The number of nitrogens with zero attached hydrogens (tertiary/aromatic N) is 1. The molecule has 0 amide bonds. The molecule has 0 fully saturated rings. The van der Waals surface area contributed by atoms with Gasteiger partial charge >= 0.3 is 11.9 Å². The van der Waals surface area contributed by atoms with Gasteiger partial charge in [-0.15, -0.1) is 0 Å². The van der Waals surface area contributed by atoms with Crippen LogP contribution >= 0.6 is 0 Å². The number of carbonyl (C=O) groups excluding carboxylic acids is 3. The van der Waals surface area contributed by atoms with E-state index in [2.05, 4.69) is 4.98 Å². The van der Waals surface area contributed by atoms with Crippen molar-refractivity contribution < 1.29 is 28.6 Å². The van der Waals surface area contributed by atoms with Crippen LogP contribution in [-0.2, 0) is 9.47 Å². The van der Waals surface area contributed by atoms with Gasteiger partial charge in [0, 0.05) is 10.9 Å². The smallest absolute Gasteiger partial charge is 0.357 e. The third-order valence-electron chi connectivity index (χ3n) is 4.44. The van der Waals surface area contributed by atoms with Gasteiger partial charge in [-0.25, -0.2) is 14.6 Å². The average molecular weight is 407 g/mol. The average Bonchev–Trinajstić information content (AvgIpc) is 2.92. The number of para-hydroxylation sites is 1. The Labute approximate surface area is 171 Å². The molecule has 0 saturated carbocycles. The van der Waals surface area contributed by atoms with Crippen molar-refractivity contribution >= 4 is 28.6 Å². The molecule has 0 radical (unpaired) electrons. The molecule has 1 aromatic heterocycles. The van der Waals surface area contributed by atoms with Gasteiger partial charge in [0.1, 0.15) is 11.3 Å². The predicted octanol–water partition coefficient (Wildman–Crippen LogP) is 2.41. The number of benzene rings is 2. The lowest BCUT2D eigenvalue weighted by molar-refractivity contribution is 0.0549. The first kappa shape index (κ1) is 20.7. The molecule has 2 aromatic carbocycles. The predicted molar refractivity (Wildman–Crippen MR) is 107 cm³/mol. The number of fused-ring (bicyclic) bond motifs is 1. The lowest BCUT2D eigenvalue weighted by atomic mass is 9.97. The molecule has 1 heterocycles. The third-order valence-corrected chi connectivity index (χ3v) is 4.44. The Morgan fingerprint density at radius 1 is 0.800 bits per heavy atom. The molecule has 0 unspecified atom stereocenters. The lowest BCUT2D eigenvalue weighted by Crippen LogP contribution is -2.23. The van der Waals surface area contributed by atoms with E-state index >= 15 is 0 Å². The fourth-order valence-corrected chi connectivity index (χ4v) is 2.95. The zero-order chi connectivity index (χ0) is 21.8. The molecule has 3 aromatic rings. The molecule has 8 nitrogen and oxygen atoms in total. The first-order valence-electron chi connectivity index (χ1n) is 8.75. The molecular weight excluding hydrogens is 390 g/mol. The van der Waals surface area contributed by atoms with E-state index in [1.807, 2.05) is 0 Å². The molecule has 0 bridgehead atoms. The fourth-order valence-electron chi connectivity index (χ4n) is 2.95. The molecule has 0 aliphatic heterocycles. The highest BCUT2D eigenvalue weighted by atomic mass is 16.5. The molecule has 0 aliphatic carbocycles. The van der Waals surface area contributed by atoms with Gasteiger partial charge in [0.2, 0.25) is 0 Å². The summed E-state index contributed by atoms with van der Waals surface area (Å²) in [5.41, 5.74) is -2.08. The van der Waals surface area contributed by atoms with Crippen molar-refractivity contribution in [3.8, 4) is 5.75 Å². The summed E-state index contributed by atoms with van der Waals surface area (Å²) >= 11 is 0. The van der Waals surface area contributed by atoms with E-state index in [9.17, 15) is 19.2 Å². The summed E-state index contributed by atoms with van der Waals surface area (Å²) in [6.45, 7) is 0. The highest BCUT2D eigenvalue weighted by molar-refractivity contribution is 6.18. The summed E-state index contributed by atoms with van der Waals surface area (Å²) in [6, 6.07) is 12.1. The van der Waals surface area contributed by atoms with Gasteiger partial charge in [-0.2, -0.15) is 0 Å². The van der Waals surface area contributed by atoms with Crippen molar-refractivity contribution in [3.63, 3.8) is 0 Å². The molecule has 30 heavy (non-hydrogen) atoms. The van der Waals surface area contributed by atoms with Crippen molar-refractivity contribution in [2.75, 3.05) is 21.3 Å². The number of ether oxygens (including phenoxy) is 3. The number of rotatable bonds is 5. The molecule has 152 valence electrons. The van der Waals surface area contributed by atoms with E-state index in [-0.39, 0.29) is 16.5 Å². The molecule has 8 heteroatoms. The number of hydrogen-bond acceptors (Lipinski definition) is 8. The van der Waals surface area contributed by atoms with Gasteiger partial charge in [-0.3, -0.25) is 9.59 Å². The number of ketones is 1. The lowest BCUT2D eigenvalue weighted by Gasteiger charge is -2.07. The maximum Gasteiger partial charge on any atom is 0.357 e. The van der Waals surface area contributed by atoms with Gasteiger partial charge in [-0.05, 0) is 36.4 Å². The maximum absolute atomic E-state index is 13.3. The van der Waals surface area contributed by atoms with E-state index < -0.39 is 40.0 Å². The van der Waals surface area contributed by atoms with Crippen LogP contribution in [0.1, 0.15) is 36.8 Å². The number of carbonyl (C=O) groups is 3. The second-order valence-corrected chi connectivity index (χ2v) is 6.10. The van der Waals surface area contributed by atoms with E-state index in [4.69, 9.17) is 14.2 Å². The van der Waals surface area contributed by atoms with Crippen LogP contribution in [0.25, 0.3) is 10.9 Å². The second-order valence-electron chi connectivity index (χ2n) is 6.10. The Morgan fingerprint density at radius 2 is 1.43 bits per heavy atom. The molecule has 0 spiro atoms. The number of esters is 2. The van der Waals surface area contributed by atoms with Crippen LogP contribution in [0.5, 0.6) is 5.75 Å². The summed E-state index contributed by atoms with van der Waals surface area (Å²) in [4.78, 5) is 55.8. The van der Waals surface area contributed by atoms with Crippen LogP contribution in [0, 0.1) is 0 Å². The van der Waals surface area contributed by atoms with E-state index in [0.717, 1.165) is 14.2 Å². The summed E-state index contributed by atoms with van der Waals surface area (Å²) < 4.78 is 14.6. The van der Waals surface area contributed by atoms with Crippen LogP contribution in [0.3, 0.4) is 0 Å². The number of aromatic nitrogens is 1. The quantitative estimate of drug-likeness (QED) is 0.469. The molecule has 3 rings (SSSR count). The van der Waals surface area contributed by atoms with E-state index in [1.165, 1.54) is 43.5 Å². The van der Waals surface area contributed by atoms with E-state index in [0.29, 0.717) is 5.75 Å². The van der Waals surface area contributed by atoms with Crippen LogP contribution in [-0.4, -0.2) is 44.0 Å². The minimum absolute atomic E-state index is 0.0645. The van der Waals surface area contributed by atoms with Gasteiger partial charge in [0.15, 0.2) is 16.9 Å². The maximum atomic E-state index is 13.3. The minimum atomic E-state index is -1.06. The second kappa shape index (κ2) is 8.52. The summed E-state index contributed by atoms with van der Waals surface area (Å²) in [6.07, 6.45) is 0. The highest BCUT2D eigenvalue weighted by Crippen LogP contribution is 2.21. The molecule has 0 aliphatic rings. The van der Waals surface area contributed by atoms with Crippen LogP contribution in [0.15, 0.2) is 53.3 Å². The van der Waals surface area contributed by atoms with Gasteiger partial charge in [-0.1, -0.05) is 12.1 Å². The first-order valence-corrected chi connectivity index (χ1v) is 8.75. The largest absolute Gasteiger partial charge is 0.497 e. The van der Waals surface area contributed by atoms with Crippen molar-refractivity contribution in [1.29, 1.82) is 0 Å². The molecular formula is C22H17NO7. The zero-order valence-corrected chi connectivity index (χ0v) is 16.4. The standard InChI is InChI=1S/C22H17NO7/c1-28-13-10-8-12(9-11-13)19(24)17-16(21(26)29-2)18(22(27)30-3)23-15-7-5-4-6-14(15)20(17)25/h4-11H,1-3H3. The monoisotopic (exact) mass is 407 g/mol. The Hall–Kier alpha value is -4.07. The number of hydrogen-bond donors (Lipinski definition) is 0. The Kier molecular flexibility index (Phi) is 5.87. The first-order chi connectivity index (χ1) is 14.4. The van der Waals surface area contributed by atoms with Gasteiger partial charge < -0.3 is 14.2 Å². The zero-order valence-electron chi connectivity index (χ0n) is 16.4. The number of methoxy groups -OCH3 is 3. The van der Waals surface area contributed by atoms with Crippen LogP contribution in [0.2, 0.25) is 0 Å². The highest BCUT2D eigenvalue weighted by Gasteiger charge is 2.30. The SMILES string of the molecule is COC(=O)c1nc2ccccc2c(=O)c(C(=O)c2ccc(OC)cc2)c1C(=O)OC. The third kappa shape index (κ3) is 3.62. The van der Waals surface area contributed by atoms with E-state index in [1.54, 1.807) is 12.1 Å². The summed E-state index contributed by atoms with van der Waals surface area (Å²) in [7, 11) is 3.64. The van der Waals surface area contributed by atoms with Crippen molar-refractivity contribution in [2.45, 2.75) is 0 Å². The van der Waals surface area contributed by atoms with Crippen molar-refractivity contribution in [2.24, 2.45) is 0 Å². The van der Waals surface area contributed by atoms with Gasteiger partial charge in [0.25, 0.3) is 0 Å². The Bertz CT molecular complexity index is 1220.